The molecule has 2 rings (SSSR count). The van der Waals surface area contributed by atoms with Gasteiger partial charge in [-0.3, -0.25) is 0 Å². The quantitative estimate of drug-likeness (QED) is 0.733. The Hall–Kier alpha value is -0.640. The summed E-state index contributed by atoms with van der Waals surface area (Å²) in [4.78, 5) is 0. The van der Waals surface area contributed by atoms with E-state index in [9.17, 15) is 0 Å². The van der Waals surface area contributed by atoms with Gasteiger partial charge in [0.1, 0.15) is 5.00 Å². The number of rotatable bonds is 2. The van der Waals surface area contributed by atoms with Crippen LogP contribution in [0.4, 0.5) is 5.00 Å². The fourth-order valence-corrected chi connectivity index (χ4v) is 1.95. The Bertz CT molecular complexity index is 216. The predicted molar refractivity (Wildman–Crippen MR) is 45.7 cm³/mol. The number of hydrogen-bond acceptors (Lipinski definition) is 4. The molecule has 1 heterocycles. The van der Waals surface area contributed by atoms with E-state index >= 15 is 0 Å². The second kappa shape index (κ2) is 2.77. The molecule has 11 heavy (non-hydrogen) atoms. The maximum absolute atomic E-state index is 3.78. The minimum atomic E-state index is 0.673. The van der Waals surface area contributed by atoms with Crippen LogP contribution in [0.3, 0.4) is 0 Å². The van der Waals surface area contributed by atoms with Crippen LogP contribution < -0.4 is 5.32 Å². The molecule has 0 unspecified atom stereocenters. The van der Waals surface area contributed by atoms with Crippen LogP contribution in [-0.4, -0.2) is 15.6 Å². The van der Waals surface area contributed by atoms with Crippen LogP contribution in [0.1, 0.15) is 19.8 Å². The van der Waals surface area contributed by atoms with Gasteiger partial charge in [0.2, 0.25) is 0 Å². The van der Waals surface area contributed by atoms with Crippen LogP contribution >= 0.6 is 11.5 Å². The molecule has 0 spiro atoms. The lowest BCUT2D eigenvalue weighted by atomic mass is 9.82. The molecular weight excluding hydrogens is 158 g/mol. The molecule has 1 fully saturated rings. The summed E-state index contributed by atoms with van der Waals surface area (Å²) in [6.07, 6.45) is 4.36. The van der Waals surface area contributed by atoms with Crippen molar-refractivity contribution in [3.05, 3.63) is 6.20 Å². The highest BCUT2D eigenvalue weighted by atomic mass is 32.1. The smallest absolute Gasteiger partial charge is 0.130 e. The molecule has 1 aromatic heterocycles. The van der Waals surface area contributed by atoms with Crippen molar-refractivity contribution in [2.24, 2.45) is 5.92 Å². The van der Waals surface area contributed by atoms with E-state index in [1.807, 2.05) is 0 Å². The Morgan fingerprint density at radius 2 is 2.45 bits per heavy atom. The average Bonchev–Trinajstić information content (AvgIpc) is 2.36. The third-order valence-corrected chi connectivity index (χ3v) is 2.68. The van der Waals surface area contributed by atoms with Crippen molar-refractivity contribution >= 4 is 16.5 Å². The van der Waals surface area contributed by atoms with Gasteiger partial charge in [0, 0.05) is 17.6 Å². The van der Waals surface area contributed by atoms with Gasteiger partial charge < -0.3 is 5.32 Å². The normalized spacial score (nSPS) is 29.5. The van der Waals surface area contributed by atoms with E-state index in [2.05, 4.69) is 21.8 Å². The highest BCUT2D eigenvalue weighted by molar-refractivity contribution is 7.09. The zero-order valence-electron chi connectivity index (χ0n) is 6.45. The van der Waals surface area contributed by atoms with E-state index in [1.54, 1.807) is 6.20 Å². The molecule has 1 saturated carbocycles. The first-order chi connectivity index (χ1) is 5.34. The zero-order valence-corrected chi connectivity index (χ0v) is 7.27. The molecule has 1 N–H and O–H groups in total. The van der Waals surface area contributed by atoms with Crippen LogP contribution in [0.2, 0.25) is 0 Å². The molecule has 0 atom stereocenters. The number of hydrogen-bond donors (Lipinski definition) is 1. The number of aromatic nitrogens is 2. The van der Waals surface area contributed by atoms with Gasteiger partial charge in [0.15, 0.2) is 0 Å². The van der Waals surface area contributed by atoms with Gasteiger partial charge >= 0.3 is 0 Å². The summed E-state index contributed by atoms with van der Waals surface area (Å²) in [5, 5.41) is 8.24. The van der Waals surface area contributed by atoms with Crippen molar-refractivity contribution in [3.8, 4) is 0 Å². The Kier molecular flexibility index (Phi) is 1.77. The second-order valence-corrected chi connectivity index (χ2v) is 3.99. The lowest BCUT2D eigenvalue weighted by Gasteiger charge is -2.33. The SMILES string of the molecule is CC1CC(Nc2cnns2)C1. The topological polar surface area (TPSA) is 37.8 Å². The molecule has 0 aromatic carbocycles. The standard InChI is InChI=1S/C7H11N3S/c1-5-2-6(3-5)9-7-4-8-10-11-7/h4-6,9H,2-3H2,1H3. The summed E-state index contributed by atoms with van der Waals surface area (Å²) in [7, 11) is 0. The first-order valence-corrected chi connectivity index (χ1v) is 4.66. The fraction of sp³-hybridized carbons (Fsp3) is 0.714. The average molecular weight is 169 g/mol. The molecule has 0 radical (unpaired) electrons. The van der Waals surface area contributed by atoms with Crippen LogP contribution in [0.5, 0.6) is 0 Å². The molecule has 0 amide bonds. The fourth-order valence-electron chi connectivity index (χ4n) is 1.45. The van der Waals surface area contributed by atoms with Crippen molar-refractivity contribution in [2.45, 2.75) is 25.8 Å². The van der Waals surface area contributed by atoms with E-state index in [4.69, 9.17) is 0 Å². The Morgan fingerprint density at radius 3 is 3.00 bits per heavy atom. The minimum absolute atomic E-state index is 0.673. The molecule has 0 saturated heterocycles. The number of nitrogens with one attached hydrogen (secondary N) is 1. The van der Waals surface area contributed by atoms with Gasteiger partial charge in [0.05, 0.1) is 6.20 Å². The minimum Gasteiger partial charge on any atom is -0.372 e. The van der Waals surface area contributed by atoms with Crippen LogP contribution in [0.15, 0.2) is 6.20 Å². The molecule has 3 nitrogen and oxygen atoms in total. The van der Waals surface area contributed by atoms with Gasteiger partial charge in [-0.05, 0) is 18.8 Å². The van der Waals surface area contributed by atoms with Gasteiger partial charge in [0.25, 0.3) is 0 Å². The summed E-state index contributed by atoms with van der Waals surface area (Å²) in [5.41, 5.74) is 0. The van der Waals surface area contributed by atoms with Crippen LogP contribution in [0.25, 0.3) is 0 Å². The highest BCUT2D eigenvalue weighted by Gasteiger charge is 2.25. The van der Waals surface area contributed by atoms with Crippen LogP contribution in [-0.2, 0) is 0 Å². The zero-order chi connectivity index (χ0) is 7.68. The Labute approximate surface area is 70.0 Å². The highest BCUT2D eigenvalue weighted by Crippen LogP contribution is 2.29. The predicted octanol–water partition coefficient (Wildman–Crippen LogP) is 1.75. The van der Waals surface area contributed by atoms with Gasteiger partial charge in [-0.2, -0.15) is 0 Å². The second-order valence-electron chi connectivity index (χ2n) is 3.20. The number of anilines is 1. The third-order valence-electron chi connectivity index (χ3n) is 2.08. The van der Waals surface area contributed by atoms with Gasteiger partial charge in [-0.15, -0.1) is 5.10 Å². The van der Waals surface area contributed by atoms with E-state index in [0.29, 0.717) is 6.04 Å². The third kappa shape index (κ3) is 1.50. The molecule has 4 heteroatoms. The maximum atomic E-state index is 3.78. The Balaban J connectivity index is 1.84. The summed E-state index contributed by atoms with van der Waals surface area (Å²) in [5.74, 6) is 0.897. The molecule has 0 aliphatic heterocycles. The van der Waals surface area contributed by atoms with Crippen molar-refractivity contribution in [1.82, 2.24) is 9.59 Å². The van der Waals surface area contributed by atoms with Crippen LogP contribution in [0, 0.1) is 5.92 Å². The van der Waals surface area contributed by atoms with Crippen molar-refractivity contribution in [1.29, 1.82) is 0 Å². The van der Waals surface area contributed by atoms with E-state index in [-0.39, 0.29) is 0 Å². The lowest BCUT2D eigenvalue weighted by molar-refractivity contribution is 0.309. The summed E-state index contributed by atoms with van der Waals surface area (Å²) in [6.45, 7) is 2.28. The first-order valence-electron chi connectivity index (χ1n) is 3.88. The molecule has 1 aliphatic rings. The molecule has 1 aliphatic carbocycles. The Morgan fingerprint density at radius 1 is 1.64 bits per heavy atom. The summed E-state index contributed by atoms with van der Waals surface area (Å²) in [6, 6.07) is 0.673. The van der Waals surface area contributed by atoms with Gasteiger partial charge in [-0.1, -0.05) is 11.4 Å². The summed E-state index contributed by atoms with van der Waals surface area (Å²) >= 11 is 1.43. The summed E-state index contributed by atoms with van der Waals surface area (Å²) < 4.78 is 3.78. The molecule has 0 bridgehead atoms. The molecule has 1 aromatic rings. The number of nitrogens with zero attached hydrogens (tertiary/aromatic N) is 2. The van der Waals surface area contributed by atoms with Crippen molar-refractivity contribution in [2.75, 3.05) is 5.32 Å². The monoisotopic (exact) mass is 169 g/mol. The largest absolute Gasteiger partial charge is 0.372 e. The van der Waals surface area contributed by atoms with Crippen molar-refractivity contribution in [3.63, 3.8) is 0 Å². The first kappa shape index (κ1) is 7.03. The lowest BCUT2D eigenvalue weighted by Crippen LogP contribution is -2.33. The van der Waals surface area contributed by atoms with E-state index in [0.717, 1.165) is 10.9 Å². The van der Waals surface area contributed by atoms with Crippen molar-refractivity contribution < 1.29 is 0 Å². The maximum Gasteiger partial charge on any atom is 0.130 e. The molecule has 60 valence electrons. The molecular formula is C7H11N3S. The van der Waals surface area contributed by atoms with Gasteiger partial charge in [-0.25, -0.2) is 0 Å². The van der Waals surface area contributed by atoms with E-state index < -0.39 is 0 Å². The van der Waals surface area contributed by atoms with E-state index in [1.165, 1.54) is 24.4 Å².